The van der Waals surface area contributed by atoms with Crippen molar-refractivity contribution in [3.05, 3.63) is 24.9 Å². The van der Waals surface area contributed by atoms with Crippen molar-refractivity contribution in [2.45, 2.75) is 6.92 Å². The second-order valence-electron chi connectivity index (χ2n) is 2.26. The number of anilines is 1. The summed E-state index contributed by atoms with van der Waals surface area (Å²) in [6.07, 6.45) is 1.20. The van der Waals surface area contributed by atoms with Crippen LogP contribution in [0.3, 0.4) is 0 Å². The van der Waals surface area contributed by atoms with Gasteiger partial charge in [-0.1, -0.05) is 0 Å². The first kappa shape index (κ1) is 8.64. The lowest BCUT2D eigenvalue weighted by molar-refractivity contribution is 0.168. The third-order valence-corrected chi connectivity index (χ3v) is 1.26. The third-order valence-electron chi connectivity index (χ3n) is 1.26. The Morgan fingerprint density at radius 3 is 3.08 bits per heavy atom. The van der Waals surface area contributed by atoms with Gasteiger partial charge in [0.15, 0.2) is 0 Å². The third kappa shape index (κ3) is 2.30. The van der Waals surface area contributed by atoms with Crippen LogP contribution in [0.2, 0.25) is 0 Å². The number of ether oxygens (including phenoxy) is 1. The van der Waals surface area contributed by atoms with E-state index >= 15 is 0 Å². The van der Waals surface area contributed by atoms with E-state index in [2.05, 4.69) is 22.0 Å². The normalized spacial score (nSPS) is 9.50. The van der Waals surface area contributed by atoms with Gasteiger partial charge < -0.3 is 9.72 Å². The molecule has 0 atom stereocenters. The van der Waals surface area contributed by atoms with E-state index < -0.39 is 6.09 Å². The molecule has 0 aromatic carbocycles. The average Bonchev–Trinajstić information content (AvgIpc) is 2.36. The van der Waals surface area contributed by atoms with Crippen LogP contribution >= 0.6 is 0 Å². The Labute approximate surface area is 70.9 Å². The van der Waals surface area contributed by atoms with Gasteiger partial charge in [-0.2, -0.15) is 0 Å². The number of carbonyl (C=O) groups is 1. The van der Waals surface area contributed by atoms with Crippen molar-refractivity contribution < 1.29 is 9.53 Å². The summed E-state index contributed by atoms with van der Waals surface area (Å²) in [6.45, 7) is 5.77. The molecule has 1 radical (unpaired) electrons. The highest BCUT2D eigenvalue weighted by molar-refractivity contribution is 5.84. The van der Waals surface area contributed by atoms with Gasteiger partial charge in [0.05, 0.1) is 12.3 Å². The first-order valence-electron chi connectivity index (χ1n) is 3.66. The number of aromatic amines is 1. The molecule has 4 nitrogen and oxygen atoms in total. The van der Waals surface area contributed by atoms with Gasteiger partial charge in [0.25, 0.3) is 0 Å². The molecule has 1 rings (SSSR count). The highest BCUT2D eigenvalue weighted by Crippen LogP contribution is 2.07. The minimum absolute atomic E-state index is 0.369. The lowest BCUT2D eigenvalue weighted by Gasteiger charge is -2.00. The fourth-order valence-electron chi connectivity index (χ4n) is 0.799. The van der Waals surface area contributed by atoms with E-state index in [1.165, 1.54) is 0 Å². The van der Waals surface area contributed by atoms with Crippen molar-refractivity contribution >= 4 is 11.8 Å². The lowest BCUT2D eigenvalue weighted by Crippen LogP contribution is -2.12. The minimum Gasteiger partial charge on any atom is -0.450 e. The summed E-state index contributed by atoms with van der Waals surface area (Å²) in [7, 11) is 0. The van der Waals surface area contributed by atoms with E-state index in [4.69, 9.17) is 0 Å². The zero-order chi connectivity index (χ0) is 8.97. The summed E-state index contributed by atoms with van der Waals surface area (Å²) >= 11 is 0. The standard InChI is InChI=1S/C8H11N2O2/c1-3-12-8(11)10-7-4-6(2)9-5-7/h4-5,9H,2-3H2,1H3,(H,10,11). The SMILES string of the molecule is [CH2]c1cc(NC(=O)OCC)c[nH]1. The number of amides is 1. The van der Waals surface area contributed by atoms with Crippen molar-refractivity contribution in [3.8, 4) is 0 Å². The molecular weight excluding hydrogens is 156 g/mol. The number of rotatable bonds is 2. The van der Waals surface area contributed by atoms with Crippen LogP contribution in [-0.4, -0.2) is 17.7 Å². The summed E-state index contributed by atoms with van der Waals surface area (Å²) < 4.78 is 4.67. The topological polar surface area (TPSA) is 54.1 Å². The van der Waals surface area contributed by atoms with Crippen LogP contribution in [0.4, 0.5) is 10.5 Å². The van der Waals surface area contributed by atoms with Gasteiger partial charge in [0, 0.05) is 11.9 Å². The maximum absolute atomic E-state index is 10.9. The van der Waals surface area contributed by atoms with Crippen molar-refractivity contribution in [1.29, 1.82) is 0 Å². The molecule has 65 valence electrons. The van der Waals surface area contributed by atoms with Crippen LogP contribution in [0.25, 0.3) is 0 Å². The molecule has 0 unspecified atom stereocenters. The zero-order valence-corrected chi connectivity index (χ0v) is 6.89. The maximum atomic E-state index is 10.9. The van der Waals surface area contributed by atoms with Gasteiger partial charge in [-0.3, -0.25) is 5.32 Å². The second kappa shape index (κ2) is 3.80. The Balaban J connectivity index is 2.46. The number of carbonyl (C=O) groups excluding carboxylic acids is 1. The Bertz CT molecular complexity index is 268. The minimum atomic E-state index is -0.448. The molecule has 0 aliphatic heterocycles. The zero-order valence-electron chi connectivity index (χ0n) is 6.89. The van der Waals surface area contributed by atoms with E-state index in [1.54, 1.807) is 19.2 Å². The highest BCUT2D eigenvalue weighted by Gasteiger charge is 2.01. The summed E-state index contributed by atoms with van der Waals surface area (Å²) in [5.74, 6) is 0. The van der Waals surface area contributed by atoms with Crippen LogP contribution in [0.1, 0.15) is 12.6 Å². The van der Waals surface area contributed by atoms with Crippen LogP contribution in [0.5, 0.6) is 0 Å². The van der Waals surface area contributed by atoms with Gasteiger partial charge in [0.2, 0.25) is 0 Å². The van der Waals surface area contributed by atoms with E-state index in [0.29, 0.717) is 12.3 Å². The number of nitrogens with one attached hydrogen (secondary N) is 2. The molecule has 1 heterocycles. The van der Waals surface area contributed by atoms with E-state index in [9.17, 15) is 4.79 Å². The molecular formula is C8H11N2O2. The van der Waals surface area contributed by atoms with Crippen molar-refractivity contribution in [3.63, 3.8) is 0 Å². The maximum Gasteiger partial charge on any atom is 0.411 e. The fourth-order valence-corrected chi connectivity index (χ4v) is 0.799. The predicted molar refractivity (Wildman–Crippen MR) is 45.9 cm³/mol. The molecule has 0 saturated carbocycles. The largest absolute Gasteiger partial charge is 0.450 e. The quantitative estimate of drug-likeness (QED) is 0.705. The Kier molecular flexibility index (Phi) is 2.74. The molecule has 1 amide bonds. The number of H-pyrrole nitrogens is 1. The lowest BCUT2D eigenvalue weighted by atomic mass is 10.4. The van der Waals surface area contributed by atoms with Crippen LogP contribution in [0.15, 0.2) is 12.3 Å². The monoisotopic (exact) mass is 167 g/mol. The van der Waals surface area contributed by atoms with Crippen molar-refractivity contribution in [1.82, 2.24) is 4.98 Å². The summed E-state index contributed by atoms with van der Waals surface area (Å²) in [5.41, 5.74) is 1.42. The van der Waals surface area contributed by atoms with E-state index in [1.807, 2.05) is 0 Å². The molecule has 0 aliphatic rings. The Morgan fingerprint density at radius 2 is 2.58 bits per heavy atom. The molecule has 1 aromatic rings. The van der Waals surface area contributed by atoms with Crippen LogP contribution in [0, 0.1) is 6.92 Å². The Morgan fingerprint density at radius 1 is 1.83 bits per heavy atom. The molecule has 0 fully saturated rings. The summed E-state index contributed by atoms with van der Waals surface area (Å²) in [5, 5.41) is 2.53. The fraction of sp³-hybridized carbons (Fsp3) is 0.250. The van der Waals surface area contributed by atoms with Gasteiger partial charge in [-0.25, -0.2) is 4.79 Å². The number of aromatic nitrogens is 1. The molecule has 4 heteroatoms. The van der Waals surface area contributed by atoms with E-state index in [-0.39, 0.29) is 0 Å². The average molecular weight is 167 g/mol. The molecule has 1 aromatic heterocycles. The molecule has 0 bridgehead atoms. The van der Waals surface area contributed by atoms with Crippen LogP contribution < -0.4 is 5.32 Å². The number of hydrogen-bond donors (Lipinski definition) is 2. The highest BCUT2D eigenvalue weighted by atomic mass is 16.5. The van der Waals surface area contributed by atoms with Gasteiger partial charge in [-0.05, 0) is 19.9 Å². The second-order valence-corrected chi connectivity index (χ2v) is 2.26. The molecule has 0 aliphatic carbocycles. The predicted octanol–water partition coefficient (Wildman–Crippen LogP) is 1.77. The Hall–Kier alpha value is -1.45. The molecule has 12 heavy (non-hydrogen) atoms. The van der Waals surface area contributed by atoms with E-state index in [0.717, 1.165) is 5.69 Å². The smallest absolute Gasteiger partial charge is 0.411 e. The molecule has 0 spiro atoms. The number of hydrogen-bond acceptors (Lipinski definition) is 2. The molecule has 0 saturated heterocycles. The molecule has 2 N–H and O–H groups in total. The first-order valence-corrected chi connectivity index (χ1v) is 3.66. The first-order chi connectivity index (χ1) is 5.72. The van der Waals surface area contributed by atoms with Gasteiger partial charge in [-0.15, -0.1) is 0 Å². The van der Waals surface area contributed by atoms with Crippen molar-refractivity contribution in [2.24, 2.45) is 0 Å². The summed E-state index contributed by atoms with van der Waals surface area (Å²) in [6, 6.07) is 1.72. The van der Waals surface area contributed by atoms with Gasteiger partial charge in [0.1, 0.15) is 0 Å². The van der Waals surface area contributed by atoms with Crippen molar-refractivity contribution in [2.75, 3.05) is 11.9 Å². The summed E-state index contributed by atoms with van der Waals surface area (Å²) in [4.78, 5) is 13.7. The van der Waals surface area contributed by atoms with Crippen LogP contribution in [-0.2, 0) is 4.74 Å². The van der Waals surface area contributed by atoms with Gasteiger partial charge >= 0.3 is 6.09 Å².